The van der Waals surface area contributed by atoms with E-state index in [0.717, 1.165) is 19.3 Å². The predicted molar refractivity (Wildman–Crippen MR) is 71.1 cm³/mol. The molecule has 1 saturated heterocycles. The van der Waals surface area contributed by atoms with Crippen molar-refractivity contribution in [3.05, 3.63) is 23.8 Å². The van der Waals surface area contributed by atoms with Gasteiger partial charge in [0.1, 0.15) is 6.10 Å². The highest BCUT2D eigenvalue weighted by atomic mass is 16.7. The summed E-state index contributed by atoms with van der Waals surface area (Å²) in [6.07, 6.45) is 4.02. The van der Waals surface area contributed by atoms with Gasteiger partial charge in [-0.3, -0.25) is 0 Å². The second-order valence-corrected chi connectivity index (χ2v) is 5.81. The van der Waals surface area contributed by atoms with E-state index in [1.54, 1.807) is 0 Å². The molecule has 4 heteroatoms. The first-order valence-corrected chi connectivity index (χ1v) is 6.84. The summed E-state index contributed by atoms with van der Waals surface area (Å²) < 4.78 is 5.06. The fourth-order valence-corrected chi connectivity index (χ4v) is 2.96. The van der Waals surface area contributed by atoms with Crippen LogP contribution >= 0.6 is 0 Å². The van der Waals surface area contributed by atoms with Crippen LogP contribution in [0.2, 0.25) is 0 Å². The molecule has 0 aromatic heterocycles. The Labute approximate surface area is 113 Å². The Hall–Kier alpha value is -1.13. The highest BCUT2D eigenvalue weighted by molar-refractivity contribution is 5.91. The molecule has 1 fully saturated rings. The first-order valence-electron chi connectivity index (χ1n) is 6.84. The molecule has 0 amide bonds. The molecule has 0 bridgehead atoms. The van der Waals surface area contributed by atoms with Crippen LogP contribution < -0.4 is 0 Å². The SMILES string of the molecule is C=C1C(=O)OC2(O)C1CCC(C)=CCCC(C)C2O. The minimum atomic E-state index is -1.81. The number of allylic oxidation sites excluding steroid dienone is 2. The fraction of sp³-hybridized carbons (Fsp3) is 0.667. The number of rotatable bonds is 0. The van der Waals surface area contributed by atoms with Gasteiger partial charge >= 0.3 is 5.97 Å². The van der Waals surface area contributed by atoms with E-state index in [0.29, 0.717) is 6.42 Å². The lowest BCUT2D eigenvalue weighted by molar-refractivity contribution is -0.255. The van der Waals surface area contributed by atoms with Crippen LogP contribution in [0.3, 0.4) is 0 Å². The van der Waals surface area contributed by atoms with Crippen molar-refractivity contribution in [2.45, 2.75) is 51.4 Å². The molecule has 19 heavy (non-hydrogen) atoms. The van der Waals surface area contributed by atoms with Gasteiger partial charge < -0.3 is 14.9 Å². The van der Waals surface area contributed by atoms with Gasteiger partial charge in [0.2, 0.25) is 5.79 Å². The summed E-state index contributed by atoms with van der Waals surface area (Å²) in [5, 5.41) is 21.0. The molecule has 0 spiro atoms. The van der Waals surface area contributed by atoms with Gasteiger partial charge in [-0.15, -0.1) is 0 Å². The first kappa shape index (κ1) is 14.3. The third-order valence-electron chi connectivity index (χ3n) is 4.34. The molecule has 0 aromatic carbocycles. The van der Waals surface area contributed by atoms with Crippen molar-refractivity contribution in [2.75, 3.05) is 0 Å². The van der Waals surface area contributed by atoms with E-state index >= 15 is 0 Å². The van der Waals surface area contributed by atoms with Gasteiger partial charge in [0.05, 0.1) is 5.92 Å². The highest BCUT2D eigenvalue weighted by Crippen LogP contribution is 2.43. The maximum atomic E-state index is 11.7. The summed E-state index contributed by atoms with van der Waals surface area (Å²) in [6.45, 7) is 7.61. The number of esters is 1. The maximum Gasteiger partial charge on any atom is 0.336 e. The summed E-state index contributed by atoms with van der Waals surface area (Å²) in [6, 6.07) is 0. The topological polar surface area (TPSA) is 66.8 Å². The molecular weight excluding hydrogens is 244 g/mol. The lowest BCUT2D eigenvalue weighted by atomic mass is 9.79. The lowest BCUT2D eigenvalue weighted by Gasteiger charge is -2.36. The van der Waals surface area contributed by atoms with Crippen molar-refractivity contribution in [2.24, 2.45) is 11.8 Å². The molecule has 1 heterocycles. The second-order valence-electron chi connectivity index (χ2n) is 5.81. The van der Waals surface area contributed by atoms with E-state index in [1.807, 2.05) is 13.8 Å². The number of carbonyl (C=O) groups is 1. The van der Waals surface area contributed by atoms with Gasteiger partial charge in [-0.1, -0.05) is 25.2 Å². The summed E-state index contributed by atoms with van der Waals surface area (Å²) in [7, 11) is 0. The van der Waals surface area contributed by atoms with Gasteiger partial charge in [-0.05, 0) is 38.5 Å². The van der Waals surface area contributed by atoms with Crippen molar-refractivity contribution in [3.8, 4) is 0 Å². The lowest BCUT2D eigenvalue weighted by Crippen LogP contribution is -2.50. The number of aliphatic hydroxyl groups excluding tert-OH is 1. The van der Waals surface area contributed by atoms with Crippen LogP contribution in [0.4, 0.5) is 0 Å². The van der Waals surface area contributed by atoms with Gasteiger partial charge in [-0.2, -0.15) is 0 Å². The minimum Gasteiger partial charge on any atom is -0.426 e. The van der Waals surface area contributed by atoms with E-state index in [4.69, 9.17) is 4.74 Å². The van der Waals surface area contributed by atoms with Crippen molar-refractivity contribution >= 4 is 5.97 Å². The molecule has 1 aliphatic heterocycles. The smallest absolute Gasteiger partial charge is 0.336 e. The van der Waals surface area contributed by atoms with Crippen LogP contribution in [-0.4, -0.2) is 28.1 Å². The van der Waals surface area contributed by atoms with Gasteiger partial charge in [0.25, 0.3) is 0 Å². The fourth-order valence-electron chi connectivity index (χ4n) is 2.96. The average molecular weight is 266 g/mol. The number of aliphatic hydroxyl groups is 2. The van der Waals surface area contributed by atoms with Gasteiger partial charge in [-0.25, -0.2) is 4.79 Å². The molecular formula is C15H22O4. The Morgan fingerprint density at radius 1 is 1.47 bits per heavy atom. The minimum absolute atomic E-state index is 0.145. The Bertz CT molecular complexity index is 426. The Morgan fingerprint density at radius 3 is 2.84 bits per heavy atom. The summed E-state index contributed by atoms with van der Waals surface area (Å²) >= 11 is 0. The summed E-state index contributed by atoms with van der Waals surface area (Å²) in [5.74, 6) is -3.09. The number of fused-ring (bicyclic) bond motifs is 1. The Kier molecular flexibility index (Phi) is 3.83. The van der Waals surface area contributed by atoms with Crippen LogP contribution in [0, 0.1) is 11.8 Å². The third kappa shape index (κ3) is 2.47. The molecule has 0 aromatic rings. The van der Waals surface area contributed by atoms with E-state index in [2.05, 4.69) is 12.7 Å². The van der Waals surface area contributed by atoms with Crippen LogP contribution in [-0.2, 0) is 9.53 Å². The Morgan fingerprint density at radius 2 is 2.16 bits per heavy atom. The van der Waals surface area contributed by atoms with Crippen LogP contribution in [0.1, 0.15) is 39.5 Å². The standard InChI is InChI=1S/C15H22O4/c1-9-5-4-6-10(2)13(16)15(18)12(8-7-9)11(3)14(17)19-15/h5,10,12-13,16,18H,3-4,6-8H2,1-2H3. The zero-order valence-electron chi connectivity index (χ0n) is 11.6. The molecule has 106 valence electrons. The highest BCUT2D eigenvalue weighted by Gasteiger charge is 2.56. The second kappa shape index (κ2) is 5.10. The van der Waals surface area contributed by atoms with Crippen molar-refractivity contribution < 1.29 is 19.7 Å². The van der Waals surface area contributed by atoms with Crippen molar-refractivity contribution in [1.82, 2.24) is 0 Å². The average Bonchev–Trinajstić information content (AvgIpc) is 2.57. The molecule has 1 aliphatic carbocycles. The van der Waals surface area contributed by atoms with Crippen molar-refractivity contribution in [1.29, 1.82) is 0 Å². The molecule has 4 nitrogen and oxygen atoms in total. The molecule has 2 aliphatic rings. The van der Waals surface area contributed by atoms with E-state index in [9.17, 15) is 15.0 Å². The van der Waals surface area contributed by atoms with E-state index < -0.39 is 23.8 Å². The van der Waals surface area contributed by atoms with Crippen LogP contribution in [0.25, 0.3) is 0 Å². The number of ether oxygens (including phenoxy) is 1. The monoisotopic (exact) mass is 266 g/mol. The van der Waals surface area contributed by atoms with E-state index in [-0.39, 0.29) is 11.5 Å². The van der Waals surface area contributed by atoms with Gasteiger partial charge in [0.15, 0.2) is 0 Å². The molecule has 4 atom stereocenters. The summed E-state index contributed by atoms with van der Waals surface area (Å²) in [5.41, 5.74) is 1.50. The quantitative estimate of drug-likeness (QED) is 0.399. The van der Waals surface area contributed by atoms with Crippen molar-refractivity contribution in [3.63, 3.8) is 0 Å². The number of hydrogen-bond donors (Lipinski definition) is 2. The molecule has 4 unspecified atom stereocenters. The summed E-state index contributed by atoms with van der Waals surface area (Å²) in [4.78, 5) is 11.7. The molecule has 0 radical (unpaired) electrons. The first-order chi connectivity index (χ1) is 8.86. The normalized spacial score (nSPS) is 40.4. The van der Waals surface area contributed by atoms with E-state index in [1.165, 1.54) is 5.57 Å². The molecule has 0 saturated carbocycles. The largest absolute Gasteiger partial charge is 0.426 e. The van der Waals surface area contributed by atoms with Crippen LogP contribution in [0.5, 0.6) is 0 Å². The number of hydrogen-bond acceptors (Lipinski definition) is 4. The van der Waals surface area contributed by atoms with Gasteiger partial charge in [0, 0.05) is 5.57 Å². The molecule has 2 N–H and O–H groups in total. The maximum absolute atomic E-state index is 11.7. The number of carbonyl (C=O) groups excluding carboxylic acids is 1. The third-order valence-corrected chi connectivity index (χ3v) is 4.34. The zero-order valence-corrected chi connectivity index (χ0v) is 11.6. The predicted octanol–water partition coefficient (Wildman–Crippen LogP) is 1.92. The zero-order chi connectivity index (χ0) is 14.2. The molecule has 2 rings (SSSR count). The van der Waals surface area contributed by atoms with Crippen LogP contribution in [0.15, 0.2) is 23.8 Å². The Balaban J connectivity index is 2.35.